The van der Waals surface area contributed by atoms with Crippen molar-refractivity contribution < 1.29 is 23.4 Å². The molecule has 3 aromatic rings. The van der Waals surface area contributed by atoms with E-state index in [1.54, 1.807) is 31.5 Å². The van der Waals surface area contributed by atoms with E-state index in [0.717, 1.165) is 34.9 Å². The largest absolute Gasteiger partial charge is 0.490 e. The Labute approximate surface area is 175 Å². The first-order valence-corrected chi connectivity index (χ1v) is 9.96. The van der Waals surface area contributed by atoms with Crippen LogP contribution < -0.4 is 4.74 Å². The maximum absolute atomic E-state index is 13.2. The first-order chi connectivity index (χ1) is 14.6. The maximum Gasteiger partial charge on any atom is 0.341 e. The van der Waals surface area contributed by atoms with Crippen molar-refractivity contribution in [3.05, 3.63) is 70.7 Å². The lowest BCUT2D eigenvalue weighted by Crippen LogP contribution is -2.10. The number of hydrogen-bond acceptors (Lipinski definition) is 5. The molecule has 0 aliphatic carbocycles. The number of esters is 1. The number of halogens is 1. The van der Waals surface area contributed by atoms with Crippen molar-refractivity contribution in [3.8, 4) is 5.75 Å². The summed E-state index contributed by atoms with van der Waals surface area (Å²) in [7, 11) is 2.95. The third-order valence-corrected chi connectivity index (χ3v) is 4.84. The topological polar surface area (TPSA) is 57.7 Å². The van der Waals surface area contributed by atoms with Crippen molar-refractivity contribution in [2.45, 2.75) is 32.8 Å². The number of pyridine rings is 1. The SMILES string of the molecule is CCCCOc1c(C(=O)OC)cc(COC)c2cc(Cc3ccc(F)cc3)cnc12. The second kappa shape index (κ2) is 10.2. The van der Waals surface area contributed by atoms with Gasteiger partial charge >= 0.3 is 5.97 Å². The number of unbranched alkanes of at least 4 members (excludes halogenated alkanes) is 1. The summed E-state index contributed by atoms with van der Waals surface area (Å²) < 4.78 is 29.5. The van der Waals surface area contributed by atoms with Crippen LogP contribution in [0, 0.1) is 5.82 Å². The Morgan fingerprint density at radius 1 is 1.10 bits per heavy atom. The molecule has 0 fully saturated rings. The lowest BCUT2D eigenvalue weighted by Gasteiger charge is -2.16. The van der Waals surface area contributed by atoms with E-state index in [0.29, 0.717) is 36.5 Å². The fraction of sp³-hybridized carbons (Fsp3) is 0.333. The molecule has 5 nitrogen and oxygen atoms in total. The number of benzene rings is 2. The van der Waals surface area contributed by atoms with E-state index in [2.05, 4.69) is 11.9 Å². The Bertz CT molecular complexity index is 1020. The average Bonchev–Trinajstić information content (AvgIpc) is 2.76. The normalized spacial score (nSPS) is 10.9. The number of aromatic nitrogens is 1. The van der Waals surface area contributed by atoms with Crippen molar-refractivity contribution in [2.75, 3.05) is 20.8 Å². The fourth-order valence-corrected chi connectivity index (χ4v) is 3.31. The van der Waals surface area contributed by atoms with E-state index in [9.17, 15) is 9.18 Å². The highest BCUT2D eigenvalue weighted by molar-refractivity contribution is 6.01. The Kier molecular flexibility index (Phi) is 7.36. The highest BCUT2D eigenvalue weighted by Gasteiger charge is 2.21. The summed E-state index contributed by atoms with van der Waals surface area (Å²) in [6.07, 6.45) is 4.21. The third-order valence-electron chi connectivity index (χ3n) is 4.84. The molecule has 0 unspecified atom stereocenters. The summed E-state index contributed by atoms with van der Waals surface area (Å²) in [5.74, 6) is -0.307. The van der Waals surface area contributed by atoms with E-state index in [1.165, 1.54) is 19.2 Å². The molecule has 1 heterocycles. The van der Waals surface area contributed by atoms with Gasteiger partial charge in [-0.3, -0.25) is 4.98 Å². The highest BCUT2D eigenvalue weighted by Crippen LogP contribution is 2.33. The zero-order chi connectivity index (χ0) is 21.5. The predicted molar refractivity (Wildman–Crippen MR) is 113 cm³/mol. The van der Waals surface area contributed by atoms with Gasteiger partial charge in [-0.15, -0.1) is 0 Å². The predicted octanol–water partition coefficient (Wildman–Crippen LogP) is 5.08. The summed E-state index contributed by atoms with van der Waals surface area (Å²) >= 11 is 0. The minimum Gasteiger partial charge on any atom is -0.490 e. The van der Waals surface area contributed by atoms with E-state index >= 15 is 0 Å². The van der Waals surface area contributed by atoms with Gasteiger partial charge in [-0.05, 0) is 53.8 Å². The molecule has 2 aromatic carbocycles. The molecule has 0 atom stereocenters. The highest BCUT2D eigenvalue weighted by atomic mass is 19.1. The quantitative estimate of drug-likeness (QED) is 0.363. The van der Waals surface area contributed by atoms with Crippen LogP contribution in [0.1, 0.15) is 46.8 Å². The fourth-order valence-electron chi connectivity index (χ4n) is 3.31. The second-order valence-electron chi connectivity index (χ2n) is 7.08. The van der Waals surface area contributed by atoms with Crippen LogP contribution in [0.5, 0.6) is 5.75 Å². The van der Waals surface area contributed by atoms with E-state index in [4.69, 9.17) is 14.2 Å². The minimum absolute atomic E-state index is 0.262. The Hall–Kier alpha value is -2.99. The molecule has 0 saturated heterocycles. The molecule has 0 saturated carbocycles. The average molecular weight is 411 g/mol. The standard InChI is InChI=1S/C24H26FNO4/c1-4-5-10-30-23-21(24(27)29-3)13-18(15-28-2)20-12-17(14-26-22(20)23)11-16-6-8-19(25)9-7-16/h6-9,12-14H,4-5,10-11,15H2,1-3H3. The van der Waals surface area contributed by atoms with Crippen LogP contribution in [0.25, 0.3) is 10.9 Å². The maximum atomic E-state index is 13.2. The summed E-state index contributed by atoms with van der Waals surface area (Å²) in [5, 5.41) is 0.857. The van der Waals surface area contributed by atoms with Crippen LogP contribution in [-0.2, 0) is 22.5 Å². The number of ether oxygens (including phenoxy) is 3. The van der Waals surface area contributed by atoms with Crippen LogP contribution >= 0.6 is 0 Å². The van der Waals surface area contributed by atoms with Crippen molar-refractivity contribution in [1.82, 2.24) is 4.98 Å². The zero-order valence-corrected chi connectivity index (χ0v) is 17.5. The molecular weight excluding hydrogens is 385 g/mol. The van der Waals surface area contributed by atoms with Crippen LogP contribution in [0.2, 0.25) is 0 Å². The third kappa shape index (κ3) is 4.94. The first-order valence-electron chi connectivity index (χ1n) is 9.96. The molecule has 0 spiro atoms. The number of hydrogen-bond donors (Lipinski definition) is 0. The molecule has 30 heavy (non-hydrogen) atoms. The number of nitrogens with zero attached hydrogens (tertiary/aromatic N) is 1. The summed E-state index contributed by atoms with van der Waals surface area (Å²) in [6.45, 7) is 2.87. The van der Waals surface area contributed by atoms with Crippen LogP contribution in [0.15, 0.2) is 42.6 Å². The Morgan fingerprint density at radius 3 is 2.53 bits per heavy atom. The van der Waals surface area contributed by atoms with Gasteiger partial charge < -0.3 is 14.2 Å². The lowest BCUT2D eigenvalue weighted by atomic mass is 9.99. The van der Waals surface area contributed by atoms with Gasteiger partial charge in [-0.2, -0.15) is 0 Å². The summed E-state index contributed by atoms with van der Waals surface area (Å²) in [4.78, 5) is 17.0. The Balaban J connectivity index is 2.09. The molecule has 0 bridgehead atoms. The Morgan fingerprint density at radius 2 is 1.87 bits per heavy atom. The van der Waals surface area contributed by atoms with Crippen molar-refractivity contribution in [1.29, 1.82) is 0 Å². The second-order valence-corrected chi connectivity index (χ2v) is 7.08. The van der Waals surface area contributed by atoms with Crippen LogP contribution in [0.3, 0.4) is 0 Å². The molecule has 0 radical (unpaired) electrons. The minimum atomic E-state index is -0.474. The summed E-state index contributed by atoms with van der Waals surface area (Å²) in [6, 6.07) is 10.2. The number of rotatable bonds is 9. The van der Waals surface area contributed by atoms with Gasteiger partial charge in [-0.1, -0.05) is 25.5 Å². The van der Waals surface area contributed by atoms with Gasteiger partial charge in [-0.25, -0.2) is 9.18 Å². The van der Waals surface area contributed by atoms with Gasteiger partial charge in [0.15, 0.2) is 5.75 Å². The molecular formula is C24H26FNO4. The molecule has 158 valence electrons. The van der Waals surface area contributed by atoms with E-state index < -0.39 is 5.97 Å². The molecule has 0 N–H and O–H groups in total. The van der Waals surface area contributed by atoms with Gasteiger partial charge in [0.25, 0.3) is 0 Å². The molecule has 3 rings (SSSR count). The van der Waals surface area contributed by atoms with E-state index in [1.807, 2.05) is 6.07 Å². The molecule has 6 heteroatoms. The number of carbonyl (C=O) groups excluding carboxylic acids is 1. The van der Waals surface area contributed by atoms with Crippen molar-refractivity contribution >= 4 is 16.9 Å². The zero-order valence-electron chi connectivity index (χ0n) is 17.5. The molecule has 1 aromatic heterocycles. The molecule has 0 aliphatic rings. The summed E-state index contributed by atoms with van der Waals surface area (Å²) in [5.41, 5.74) is 3.72. The van der Waals surface area contributed by atoms with Crippen molar-refractivity contribution in [2.24, 2.45) is 0 Å². The first kappa shape index (κ1) is 21.7. The van der Waals surface area contributed by atoms with Gasteiger partial charge in [0.2, 0.25) is 0 Å². The van der Waals surface area contributed by atoms with E-state index in [-0.39, 0.29) is 5.82 Å². The number of methoxy groups -OCH3 is 2. The number of carbonyl (C=O) groups is 1. The van der Waals surface area contributed by atoms with Gasteiger partial charge in [0.1, 0.15) is 16.9 Å². The monoisotopic (exact) mass is 411 g/mol. The van der Waals surface area contributed by atoms with Gasteiger partial charge in [0.05, 0.1) is 20.3 Å². The molecule has 0 aliphatic heterocycles. The van der Waals surface area contributed by atoms with Crippen LogP contribution in [0.4, 0.5) is 4.39 Å². The number of fused-ring (bicyclic) bond motifs is 1. The van der Waals surface area contributed by atoms with Gasteiger partial charge in [0, 0.05) is 18.7 Å². The molecule has 0 amide bonds. The smallest absolute Gasteiger partial charge is 0.341 e. The lowest BCUT2D eigenvalue weighted by molar-refractivity contribution is 0.0596. The van der Waals surface area contributed by atoms with Crippen molar-refractivity contribution in [3.63, 3.8) is 0 Å². The van der Waals surface area contributed by atoms with Crippen LogP contribution in [-0.4, -0.2) is 31.8 Å².